The van der Waals surface area contributed by atoms with E-state index in [2.05, 4.69) is 10.6 Å². The summed E-state index contributed by atoms with van der Waals surface area (Å²) in [5.41, 5.74) is -0.771. The summed E-state index contributed by atoms with van der Waals surface area (Å²) in [4.78, 5) is 48.5. The lowest BCUT2D eigenvalue weighted by molar-refractivity contribution is -0.158. The monoisotopic (exact) mass is 450 g/mol. The maximum atomic E-state index is 12.7. The number of esters is 1. The minimum absolute atomic E-state index is 0.117. The third-order valence-electron chi connectivity index (χ3n) is 4.39. The molecule has 9 heteroatoms. The normalized spacial score (nSPS) is 13.1. The number of carbonyl (C=O) groups is 4. The minimum atomic E-state index is -1.44. The summed E-state index contributed by atoms with van der Waals surface area (Å²) in [5, 5.41) is 14.5. The van der Waals surface area contributed by atoms with Gasteiger partial charge in [0, 0.05) is 12.3 Å². The molecule has 0 fully saturated rings. The number of hydrogen-bond acceptors (Lipinski definition) is 6. The van der Waals surface area contributed by atoms with Gasteiger partial charge in [-0.3, -0.25) is 14.4 Å². The highest BCUT2D eigenvalue weighted by Crippen LogP contribution is 2.17. The van der Waals surface area contributed by atoms with Crippen molar-refractivity contribution in [1.29, 1.82) is 0 Å². The summed E-state index contributed by atoms with van der Waals surface area (Å²) in [7, 11) is 0. The van der Waals surface area contributed by atoms with Crippen LogP contribution in [0.2, 0.25) is 0 Å². The zero-order chi connectivity index (χ0) is 24.3. The van der Waals surface area contributed by atoms with E-state index < -0.39 is 41.8 Å². The number of carboxylic acids is 1. The molecule has 0 aromatic heterocycles. The molecule has 0 aliphatic heterocycles. The van der Waals surface area contributed by atoms with Crippen molar-refractivity contribution in [3.8, 4) is 5.75 Å². The maximum Gasteiger partial charge on any atom is 0.326 e. The fraction of sp³-hybridized carbons (Fsp3) is 0.565. The first-order chi connectivity index (χ1) is 14.9. The molecule has 3 N–H and O–H groups in total. The van der Waals surface area contributed by atoms with E-state index in [9.17, 15) is 24.3 Å². The molecule has 0 aliphatic rings. The Kier molecular flexibility index (Phi) is 10.7. The predicted molar refractivity (Wildman–Crippen MR) is 118 cm³/mol. The van der Waals surface area contributed by atoms with Crippen LogP contribution in [0.1, 0.15) is 47.5 Å². The van der Waals surface area contributed by atoms with E-state index in [4.69, 9.17) is 9.47 Å². The average Bonchev–Trinajstić information content (AvgIpc) is 2.67. The summed E-state index contributed by atoms with van der Waals surface area (Å²) in [6.07, 6.45) is -0.625. The fourth-order valence-electron chi connectivity index (χ4n) is 2.81. The number of para-hydroxylation sites is 1. The van der Waals surface area contributed by atoms with Crippen LogP contribution in [-0.4, -0.2) is 53.7 Å². The van der Waals surface area contributed by atoms with Crippen molar-refractivity contribution in [3.63, 3.8) is 0 Å². The van der Waals surface area contributed by atoms with Crippen LogP contribution in [0.15, 0.2) is 30.3 Å². The molecular weight excluding hydrogens is 416 g/mol. The first-order valence-corrected chi connectivity index (χ1v) is 10.6. The molecule has 32 heavy (non-hydrogen) atoms. The van der Waals surface area contributed by atoms with E-state index in [1.54, 1.807) is 46.8 Å². The smallest absolute Gasteiger partial charge is 0.326 e. The highest BCUT2D eigenvalue weighted by Gasteiger charge is 2.31. The molecule has 1 unspecified atom stereocenters. The van der Waals surface area contributed by atoms with Gasteiger partial charge in [0.2, 0.25) is 11.8 Å². The van der Waals surface area contributed by atoms with Crippen LogP contribution >= 0.6 is 0 Å². The van der Waals surface area contributed by atoms with Crippen LogP contribution in [0.4, 0.5) is 0 Å². The highest BCUT2D eigenvalue weighted by atomic mass is 16.6. The predicted octanol–water partition coefficient (Wildman–Crippen LogP) is 2.15. The van der Waals surface area contributed by atoms with Gasteiger partial charge in [-0.1, -0.05) is 32.0 Å². The van der Waals surface area contributed by atoms with E-state index in [-0.39, 0.29) is 31.4 Å². The molecule has 0 saturated heterocycles. The number of amides is 2. The highest BCUT2D eigenvalue weighted by molar-refractivity contribution is 5.90. The Morgan fingerprint density at radius 2 is 1.66 bits per heavy atom. The molecular formula is C23H34N2O7. The maximum absolute atomic E-state index is 12.7. The van der Waals surface area contributed by atoms with Crippen LogP contribution in [0.3, 0.4) is 0 Å². The topological polar surface area (TPSA) is 131 Å². The zero-order valence-electron chi connectivity index (χ0n) is 19.3. The summed E-state index contributed by atoms with van der Waals surface area (Å²) in [6.45, 7) is 9.05. The minimum Gasteiger partial charge on any atom is -0.492 e. The van der Waals surface area contributed by atoms with Gasteiger partial charge in [-0.2, -0.15) is 0 Å². The Hall–Kier alpha value is -3.10. The summed E-state index contributed by atoms with van der Waals surface area (Å²) in [6, 6.07) is 7.71. The molecule has 1 aromatic rings. The first-order valence-electron chi connectivity index (χ1n) is 10.6. The van der Waals surface area contributed by atoms with Crippen molar-refractivity contribution < 1.29 is 33.8 Å². The number of aliphatic carboxylic acids is 1. The largest absolute Gasteiger partial charge is 0.492 e. The quantitative estimate of drug-likeness (QED) is 0.328. The van der Waals surface area contributed by atoms with Crippen LogP contribution in [0.5, 0.6) is 5.75 Å². The SMILES string of the molecule is CC(C)C(CC(=O)NCCOc1ccccc1)C(=O)N[C@@H](CC(=O)OC(C)(C)C)C(=O)O. The second kappa shape index (κ2) is 12.7. The van der Waals surface area contributed by atoms with Crippen molar-refractivity contribution in [2.75, 3.05) is 13.2 Å². The number of carboxylic acid groups (broad SMARTS) is 1. The van der Waals surface area contributed by atoms with Gasteiger partial charge in [-0.05, 0) is 38.8 Å². The molecule has 2 amide bonds. The van der Waals surface area contributed by atoms with Crippen molar-refractivity contribution in [1.82, 2.24) is 10.6 Å². The van der Waals surface area contributed by atoms with Gasteiger partial charge in [0.1, 0.15) is 24.0 Å². The van der Waals surface area contributed by atoms with E-state index in [0.717, 1.165) is 0 Å². The molecule has 0 radical (unpaired) electrons. The summed E-state index contributed by atoms with van der Waals surface area (Å²) >= 11 is 0. The Morgan fingerprint density at radius 3 is 2.19 bits per heavy atom. The molecule has 0 aliphatic carbocycles. The van der Waals surface area contributed by atoms with Crippen LogP contribution in [0, 0.1) is 11.8 Å². The molecule has 2 atom stereocenters. The number of benzene rings is 1. The van der Waals surface area contributed by atoms with Gasteiger partial charge in [-0.15, -0.1) is 0 Å². The van der Waals surface area contributed by atoms with Gasteiger partial charge in [0.15, 0.2) is 0 Å². The Labute approximate surface area is 188 Å². The van der Waals surface area contributed by atoms with Crippen molar-refractivity contribution in [2.24, 2.45) is 11.8 Å². The number of ether oxygens (including phenoxy) is 2. The second-order valence-electron chi connectivity index (χ2n) is 8.76. The van der Waals surface area contributed by atoms with E-state index in [1.165, 1.54) is 0 Å². The molecule has 178 valence electrons. The van der Waals surface area contributed by atoms with Gasteiger partial charge in [0.05, 0.1) is 13.0 Å². The van der Waals surface area contributed by atoms with E-state index in [1.807, 2.05) is 18.2 Å². The molecule has 0 spiro atoms. The van der Waals surface area contributed by atoms with Gasteiger partial charge >= 0.3 is 11.9 Å². The Bertz CT molecular complexity index is 772. The Balaban J connectivity index is 2.58. The number of carbonyl (C=O) groups excluding carboxylic acids is 3. The van der Waals surface area contributed by atoms with Crippen molar-refractivity contribution in [2.45, 2.75) is 59.1 Å². The molecule has 1 aromatic carbocycles. The molecule has 0 heterocycles. The third kappa shape index (κ3) is 10.8. The van der Waals surface area contributed by atoms with Gasteiger partial charge in [-0.25, -0.2) is 4.79 Å². The van der Waals surface area contributed by atoms with Gasteiger partial charge < -0.3 is 25.2 Å². The fourth-order valence-corrected chi connectivity index (χ4v) is 2.81. The van der Waals surface area contributed by atoms with E-state index >= 15 is 0 Å². The second-order valence-corrected chi connectivity index (χ2v) is 8.76. The third-order valence-corrected chi connectivity index (χ3v) is 4.39. The number of nitrogens with one attached hydrogen (secondary N) is 2. The molecule has 0 saturated carbocycles. The molecule has 1 rings (SSSR count). The molecule has 0 bridgehead atoms. The number of rotatable bonds is 12. The van der Waals surface area contributed by atoms with Crippen molar-refractivity contribution in [3.05, 3.63) is 30.3 Å². The standard InChI is InChI=1S/C23H34N2O7/c1-15(2)17(13-19(26)24-11-12-31-16-9-7-6-8-10-16)21(28)25-18(22(29)30)14-20(27)32-23(3,4)5/h6-10,15,17-18H,11-14H2,1-5H3,(H,24,26)(H,25,28)(H,29,30)/t17?,18-/m0/s1. The van der Waals surface area contributed by atoms with Gasteiger partial charge in [0.25, 0.3) is 0 Å². The summed E-state index contributed by atoms with van der Waals surface area (Å²) < 4.78 is 10.6. The van der Waals surface area contributed by atoms with E-state index in [0.29, 0.717) is 5.75 Å². The van der Waals surface area contributed by atoms with Crippen molar-refractivity contribution >= 4 is 23.8 Å². The lowest BCUT2D eigenvalue weighted by atomic mass is 9.91. The molecule has 9 nitrogen and oxygen atoms in total. The summed E-state index contributed by atoms with van der Waals surface area (Å²) in [5.74, 6) is -3.34. The first kappa shape index (κ1) is 26.9. The lowest BCUT2D eigenvalue weighted by Gasteiger charge is -2.24. The average molecular weight is 451 g/mol. The zero-order valence-corrected chi connectivity index (χ0v) is 19.3. The van der Waals surface area contributed by atoms with Crippen LogP contribution in [-0.2, 0) is 23.9 Å². The number of hydrogen-bond donors (Lipinski definition) is 3. The van der Waals surface area contributed by atoms with Crippen LogP contribution < -0.4 is 15.4 Å². The lowest BCUT2D eigenvalue weighted by Crippen LogP contribution is -2.47. The Morgan fingerprint density at radius 1 is 1.03 bits per heavy atom. The van der Waals surface area contributed by atoms with Crippen LogP contribution in [0.25, 0.3) is 0 Å².